The second kappa shape index (κ2) is 12.9. The van der Waals surface area contributed by atoms with Crippen LogP contribution in [0.15, 0.2) is 176 Å². The van der Waals surface area contributed by atoms with Crippen molar-refractivity contribution in [1.29, 1.82) is 0 Å². The zero-order valence-corrected chi connectivity index (χ0v) is 34.9. The summed E-state index contributed by atoms with van der Waals surface area (Å²) in [6.07, 6.45) is 7.58. The largest absolute Gasteiger partial charge is 0.334 e. The summed E-state index contributed by atoms with van der Waals surface area (Å²) in [5.74, 6) is 0. The quantitative estimate of drug-likeness (QED) is 0.172. The molecule has 0 N–H and O–H groups in total. The van der Waals surface area contributed by atoms with Crippen LogP contribution in [0.1, 0.15) is 57.9 Å². The first-order valence-electron chi connectivity index (χ1n) is 22.5. The highest BCUT2D eigenvalue weighted by atomic mass is 15.2. The number of hydrogen-bond donors (Lipinski definition) is 0. The van der Waals surface area contributed by atoms with E-state index in [2.05, 4.69) is 195 Å². The standard InChI is InChI=1S/C60H47N/c1-59-35-14-3-4-15-36-60(59,2)61(42-25-12-7-13-26-42)50-34-31-41(37-49(50)59)43-32-33-48-54-44(43)27-18-30-47(54)57-52(39-19-8-5-9-20-39)55-45-28-16-23-38-24-17-29-46(51(38)45)56(55)53(58(48)57)40-21-10-6-11-22-40/h5-13,16-34,37H,3-4,14-15,35-36H2,1-2H3. The lowest BCUT2D eigenvalue weighted by atomic mass is 9.63. The number of benzene rings is 9. The van der Waals surface area contributed by atoms with E-state index in [0.717, 1.165) is 0 Å². The Balaban J connectivity index is 1.14. The van der Waals surface area contributed by atoms with Gasteiger partial charge in [0.1, 0.15) is 0 Å². The van der Waals surface area contributed by atoms with Crippen LogP contribution in [0.25, 0.3) is 98.0 Å². The second-order valence-electron chi connectivity index (χ2n) is 18.5. The minimum Gasteiger partial charge on any atom is -0.334 e. The van der Waals surface area contributed by atoms with Gasteiger partial charge in [-0.3, -0.25) is 0 Å². The van der Waals surface area contributed by atoms with Gasteiger partial charge in [-0.1, -0.05) is 184 Å². The minimum absolute atomic E-state index is 0.00951. The Bertz CT molecular complexity index is 3370. The third-order valence-electron chi connectivity index (χ3n) is 15.6. The van der Waals surface area contributed by atoms with Gasteiger partial charge in [0.25, 0.3) is 0 Å². The van der Waals surface area contributed by atoms with Crippen molar-refractivity contribution in [2.75, 3.05) is 4.90 Å². The zero-order chi connectivity index (χ0) is 40.5. The summed E-state index contributed by atoms with van der Waals surface area (Å²) in [5.41, 5.74) is 12.0. The van der Waals surface area contributed by atoms with Gasteiger partial charge in [-0.15, -0.1) is 0 Å². The fraction of sp³-hybridized carbons (Fsp3) is 0.167. The smallest absolute Gasteiger partial charge is 0.0517 e. The first-order chi connectivity index (χ1) is 30.0. The Labute approximate surface area is 357 Å². The average molecular weight is 782 g/mol. The molecule has 2 unspecified atom stereocenters. The van der Waals surface area contributed by atoms with E-state index >= 15 is 0 Å². The molecule has 11 aromatic rings. The molecule has 1 heteroatoms. The molecule has 1 saturated carbocycles. The molecule has 1 fully saturated rings. The highest BCUT2D eigenvalue weighted by Crippen LogP contribution is 2.61. The summed E-state index contributed by atoms with van der Waals surface area (Å²) < 4.78 is 0. The van der Waals surface area contributed by atoms with Gasteiger partial charge < -0.3 is 4.90 Å². The summed E-state index contributed by atoms with van der Waals surface area (Å²) >= 11 is 0. The second-order valence-corrected chi connectivity index (χ2v) is 18.5. The molecule has 0 spiro atoms. The van der Waals surface area contributed by atoms with E-state index in [1.54, 1.807) is 0 Å². The Morgan fingerprint density at radius 3 is 1.54 bits per heavy atom. The molecule has 1 aliphatic heterocycles. The van der Waals surface area contributed by atoms with E-state index in [1.165, 1.54) is 153 Å². The molecule has 61 heavy (non-hydrogen) atoms. The molecule has 11 aromatic carbocycles. The molecule has 0 radical (unpaired) electrons. The Morgan fingerprint density at radius 1 is 0.393 bits per heavy atom. The van der Waals surface area contributed by atoms with Crippen molar-refractivity contribution in [2.24, 2.45) is 0 Å². The maximum Gasteiger partial charge on any atom is 0.0517 e. The van der Waals surface area contributed by atoms with Crippen molar-refractivity contribution in [3.63, 3.8) is 0 Å². The maximum absolute atomic E-state index is 2.72. The van der Waals surface area contributed by atoms with E-state index in [0.29, 0.717) is 0 Å². The van der Waals surface area contributed by atoms with Crippen molar-refractivity contribution >= 4 is 76.0 Å². The third-order valence-corrected chi connectivity index (χ3v) is 15.6. The molecule has 13 rings (SSSR count). The lowest BCUT2D eigenvalue weighted by Gasteiger charge is -2.48. The predicted octanol–water partition coefficient (Wildman–Crippen LogP) is 17.0. The van der Waals surface area contributed by atoms with Gasteiger partial charge in [0.2, 0.25) is 0 Å². The van der Waals surface area contributed by atoms with Gasteiger partial charge in [0.05, 0.1) is 5.54 Å². The topological polar surface area (TPSA) is 3.24 Å². The van der Waals surface area contributed by atoms with Gasteiger partial charge in [0, 0.05) is 16.8 Å². The van der Waals surface area contributed by atoms with E-state index in [1.807, 2.05) is 0 Å². The number of hydrogen-bond acceptors (Lipinski definition) is 1. The van der Waals surface area contributed by atoms with Gasteiger partial charge in [0.15, 0.2) is 0 Å². The van der Waals surface area contributed by atoms with Crippen LogP contribution >= 0.6 is 0 Å². The monoisotopic (exact) mass is 781 g/mol. The summed E-state index contributed by atoms with van der Waals surface area (Å²) in [6.45, 7) is 5.15. The van der Waals surface area contributed by atoms with Crippen LogP contribution in [-0.2, 0) is 5.41 Å². The Kier molecular flexibility index (Phi) is 7.42. The van der Waals surface area contributed by atoms with Crippen molar-refractivity contribution < 1.29 is 0 Å². The number of rotatable bonds is 4. The molecule has 2 atom stereocenters. The molecule has 1 heterocycles. The highest BCUT2D eigenvalue weighted by Gasteiger charge is 2.56. The summed E-state index contributed by atoms with van der Waals surface area (Å²) in [4.78, 5) is 2.72. The van der Waals surface area contributed by atoms with Gasteiger partial charge >= 0.3 is 0 Å². The van der Waals surface area contributed by atoms with E-state index in [-0.39, 0.29) is 11.0 Å². The zero-order valence-electron chi connectivity index (χ0n) is 34.9. The molecule has 2 aliphatic rings. The molecule has 292 valence electrons. The summed E-state index contributed by atoms with van der Waals surface area (Å²) in [6, 6.07) is 66.9. The van der Waals surface area contributed by atoms with E-state index < -0.39 is 0 Å². The number of fused-ring (bicyclic) bond motifs is 9. The van der Waals surface area contributed by atoms with Gasteiger partial charge in [-0.25, -0.2) is 0 Å². The number of para-hydroxylation sites is 1. The number of anilines is 2. The molecular formula is C60H47N. The maximum atomic E-state index is 2.72. The first-order valence-corrected chi connectivity index (χ1v) is 22.5. The van der Waals surface area contributed by atoms with Gasteiger partial charge in [-0.2, -0.15) is 0 Å². The van der Waals surface area contributed by atoms with Crippen molar-refractivity contribution in [3.8, 4) is 33.4 Å². The van der Waals surface area contributed by atoms with Crippen molar-refractivity contribution in [3.05, 3.63) is 181 Å². The van der Waals surface area contributed by atoms with E-state index in [4.69, 9.17) is 0 Å². The van der Waals surface area contributed by atoms with Crippen LogP contribution < -0.4 is 4.90 Å². The van der Waals surface area contributed by atoms with Crippen LogP contribution in [-0.4, -0.2) is 5.54 Å². The minimum atomic E-state index is -0.00951. The van der Waals surface area contributed by atoms with Crippen LogP contribution in [0.5, 0.6) is 0 Å². The molecular weight excluding hydrogens is 735 g/mol. The van der Waals surface area contributed by atoms with Crippen molar-refractivity contribution in [1.82, 2.24) is 0 Å². The Hall–Kier alpha value is -6.70. The summed E-state index contributed by atoms with van der Waals surface area (Å²) in [7, 11) is 0. The Morgan fingerprint density at radius 2 is 0.918 bits per heavy atom. The van der Waals surface area contributed by atoms with Crippen molar-refractivity contribution in [2.45, 2.75) is 63.3 Å². The van der Waals surface area contributed by atoms with Crippen LogP contribution in [0.4, 0.5) is 11.4 Å². The fourth-order valence-corrected chi connectivity index (χ4v) is 12.7. The highest BCUT2D eigenvalue weighted by molar-refractivity contribution is 6.46. The lowest BCUT2D eigenvalue weighted by Crippen LogP contribution is -2.53. The molecule has 0 amide bonds. The molecule has 0 bridgehead atoms. The van der Waals surface area contributed by atoms with Crippen LogP contribution in [0, 0.1) is 0 Å². The predicted molar refractivity (Wildman–Crippen MR) is 262 cm³/mol. The third kappa shape index (κ3) is 4.67. The number of nitrogens with zero attached hydrogens (tertiary/aromatic N) is 1. The summed E-state index contributed by atoms with van der Waals surface area (Å²) in [5, 5.41) is 16.1. The lowest BCUT2D eigenvalue weighted by molar-refractivity contribution is 0.218. The SMILES string of the molecule is CC12CCCCCCC1(C)N(c1ccccc1)c1ccc(-c3ccc4c5c(-c6ccccc6)c6c7cccc8cccc(c6c(-c6ccccc6)c5c5cccc3c54)c87)cc12. The fourth-order valence-electron chi connectivity index (χ4n) is 12.7. The molecule has 1 nitrogen and oxygen atoms in total. The molecule has 1 aliphatic carbocycles. The first kappa shape index (κ1) is 35.1. The normalized spacial score (nSPS) is 19.3. The average Bonchev–Trinajstić information content (AvgIpc) is 3.88. The van der Waals surface area contributed by atoms with Crippen LogP contribution in [0.3, 0.4) is 0 Å². The van der Waals surface area contributed by atoms with E-state index in [9.17, 15) is 0 Å². The van der Waals surface area contributed by atoms with Crippen LogP contribution in [0.2, 0.25) is 0 Å². The van der Waals surface area contributed by atoms with Gasteiger partial charge in [-0.05, 0) is 148 Å². The molecule has 0 saturated heterocycles. The molecule has 0 aromatic heterocycles.